The van der Waals surface area contributed by atoms with Gasteiger partial charge in [-0.2, -0.15) is 11.8 Å². The molecule has 0 saturated carbocycles. The van der Waals surface area contributed by atoms with Crippen molar-refractivity contribution in [3.05, 3.63) is 22.8 Å². The van der Waals surface area contributed by atoms with E-state index in [4.69, 9.17) is 15.6 Å². The number of fused-ring (bicyclic) bond motifs is 1. The second kappa shape index (κ2) is 5.79. The van der Waals surface area contributed by atoms with Crippen LogP contribution < -0.4 is 5.73 Å². The van der Waals surface area contributed by atoms with Crippen molar-refractivity contribution in [3.63, 3.8) is 0 Å². The van der Waals surface area contributed by atoms with Crippen LogP contribution in [0.4, 0.5) is 0 Å². The first-order valence-corrected chi connectivity index (χ1v) is 7.32. The van der Waals surface area contributed by atoms with Gasteiger partial charge < -0.3 is 15.6 Å². The van der Waals surface area contributed by atoms with E-state index in [2.05, 4.69) is 0 Å². The average Bonchev–Trinajstić information content (AvgIpc) is 2.65. The van der Waals surface area contributed by atoms with E-state index < -0.39 is 12.0 Å². The monoisotopic (exact) mass is 283 g/mol. The van der Waals surface area contributed by atoms with Gasteiger partial charge in [0.25, 0.3) is 0 Å². The zero-order chi connectivity index (χ0) is 14.0. The Labute approximate surface area is 115 Å². The van der Waals surface area contributed by atoms with Crippen molar-refractivity contribution in [2.45, 2.75) is 31.9 Å². The van der Waals surface area contributed by atoms with E-state index in [0.29, 0.717) is 11.3 Å². The maximum Gasteiger partial charge on any atom is 0.335 e. The molecule has 0 amide bonds. The first-order valence-electron chi connectivity index (χ1n) is 6.16. The topological polar surface area (TPSA) is 89.6 Å². The van der Waals surface area contributed by atoms with Crippen molar-refractivity contribution in [2.75, 3.05) is 11.5 Å². The Morgan fingerprint density at radius 3 is 3.11 bits per heavy atom. The molecule has 0 aromatic carbocycles. The number of allylic oxidation sites excluding steroid dienone is 1. The third-order valence-corrected chi connectivity index (χ3v) is 4.34. The van der Waals surface area contributed by atoms with Gasteiger partial charge >= 0.3 is 11.9 Å². The predicted octanol–water partition coefficient (Wildman–Crippen LogP) is 1.09. The summed E-state index contributed by atoms with van der Waals surface area (Å²) in [6.45, 7) is 2.04. The van der Waals surface area contributed by atoms with Gasteiger partial charge in [0.05, 0.1) is 5.57 Å². The Kier molecular flexibility index (Phi) is 4.31. The number of ether oxygens (including phenoxy) is 1. The molecule has 0 bridgehead atoms. The molecule has 5 nitrogen and oxygen atoms in total. The molecule has 2 atom stereocenters. The van der Waals surface area contributed by atoms with E-state index >= 15 is 0 Å². The van der Waals surface area contributed by atoms with Crippen LogP contribution in [0.1, 0.15) is 19.8 Å². The van der Waals surface area contributed by atoms with Crippen LogP contribution in [0.2, 0.25) is 0 Å². The summed E-state index contributed by atoms with van der Waals surface area (Å²) in [6, 6.07) is -0.896. The molecule has 104 valence electrons. The molecule has 1 heterocycles. The minimum Gasteiger partial charge on any atom is -0.480 e. The fourth-order valence-corrected chi connectivity index (χ4v) is 3.17. The van der Waals surface area contributed by atoms with Crippen molar-refractivity contribution >= 4 is 23.7 Å². The van der Waals surface area contributed by atoms with E-state index in [9.17, 15) is 9.59 Å². The standard InChI is InChI=1S/C13H17NO4S/c1-7-2-3-11-8(4-7)9(13(17)18-11)5-19-6-10(14)12(15)16/h4,10-11H,2-3,5-6,14H2,1H3,(H,15,16)/t10-,11?/m0/s1. The fourth-order valence-electron chi connectivity index (χ4n) is 2.17. The number of carboxylic acids is 1. The van der Waals surface area contributed by atoms with E-state index in [1.54, 1.807) is 0 Å². The molecule has 2 aliphatic rings. The fraction of sp³-hybridized carbons (Fsp3) is 0.538. The highest BCUT2D eigenvalue weighted by Crippen LogP contribution is 2.34. The summed E-state index contributed by atoms with van der Waals surface area (Å²) in [4.78, 5) is 22.4. The Morgan fingerprint density at radius 1 is 1.68 bits per heavy atom. The van der Waals surface area contributed by atoms with Crippen molar-refractivity contribution in [3.8, 4) is 0 Å². The largest absolute Gasteiger partial charge is 0.480 e. The van der Waals surface area contributed by atoms with Crippen molar-refractivity contribution in [1.82, 2.24) is 0 Å². The van der Waals surface area contributed by atoms with Gasteiger partial charge in [0.1, 0.15) is 12.1 Å². The van der Waals surface area contributed by atoms with Crippen molar-refractivity contribution in [2.24, 2.45) is 5.73 Å². The number of carbonyl (C=O) groups is 2. The highest BCUT2D eigenvalue weighted by molar-refractivity contribution is 7.99. The first-order chi connectivity index (χ1) is 8.99. The third-order valence-electron chi connectivity index (χ3n) is 3.25. The average molecular weight is 283 g/mol. The Bertz CT molecular complexity index is 469. The molecule has 1 aliphatic heterocycles. The molecule has 3 N–H and O–H groups in total. The van der Waals surface area contributed by atoms with Crippen LogP contribution >= 0.6 is 11.8 Å². The zero-order valence-electron chi connectivity index (χ0n) is 10.7. The van der Waals surface area contributed by atoms with E-state index in [0.717, 1.165) is 18.4 Å². The summed E-state index contributed by atoms with van der Waals surface area (Å²) < 4.78 is 5.31. The molecule has 0 radical (unpaired) electrons. The number of thioether (sulfide) groups is 1. The van der Waals surface area contributed by atoms with Gasteiger partial charge in [-0.05, 0) is 19.8 Å². The maximum absolute atomic E-state index is 11.8. The first kappa shape index (κ1) is 14.1. The molecule has 6 heteroatoms. The van der Waals surface area contributed by atoms with Gasteiger partial charge in [0.2, 0.25) is 0 Å². The third kappa shape index (κ3) is 3.19. The predicted molar refractivity (Wildman–Crippen MR) is 72.8 cm³/mol. The van der Waals surface area contributed by atoms with E-state index in [-0.39, 0.29) is 17.8 Å². The molecule has 1 aliphatic carbocycles. The number of esters is 1. The highest BCUT2D eigenvalue weighted by Gasteiger charge is 2.34. The lowest BCUT2D eigenvalue weighted by Crippen LogP contribution is -2.32. The summed E-state index contributed by atoms with van der Waals surface area (Å²) in [7, 11) is 0. The summed E-state index contributed by atoms with van der Waals surface area (Å²) in [5, 5.41) is 8.70. The molecular weight excluding hydrogens is 266 g/mol. The van der Waals surface area contributed by atoms with Crippen LogP contribution in [-0.2, 0) is 14.3 Å². The van der Waals surface area contributed by atoms with Gasteiger partial charge in [-0.25, -0.2) is 4.79 Å². The van der Waals surface area contributed by atoms with E-state index in [1.165, 1.54) is 17.3 Å². The lowest BCUT2D eigenvalue weighted by atomic mass is 9.92. The van der Waals surface area contributed by atoms with Gasteiger partial charge in [-0.15, -0.1) is 0 Å². The van der Waals surface area contributed by atoms with Crippen LogP contribution in [0.5, 0.6) is 0 Å². The van der Waals surface area contributed by atoms with Crippen molar-refractivity contribution < 1.29 is 19.4 Å². The van der Waals surface area contributed by atoms with Crippen molar-refractivity contribution in [1.29, 1.82) is 0 Å². The van der Waals surface area contributed by atoms with Gasteiger partial charge in [-0.3, -0.25) is 4.79 Å². The van der Waals surface area contributed by atoms with Gasteiger partial charge in [0.15, 0.2) is 0 Å². The zero-order valence-corrected chi connectivity index (χ0v) is 11.5. The minimum atomic E-state index is -1.02. The summed E-state index contributed by atoms with van der Waals surface area (Å²) in [5.74, 6) is -0.560. The summed E-state index contributed by atoms with van der Waals surface area (Å²) in [6.07, 6.45) is 3.70. The Balaban J connectivity index is 2.01. The summed E-state index contributed by atoms with van der Waals surface area (Å²) in [5.41, 5.74) is 8.29. The van der Waals surface area contributed by atoms with E-state index in [1.807, 2.05) is 13.0 Å². The smallest absolute Gasteiger partial charge is 0.335 e. The minimum absolute atomic E-state index is 0.111. The lowest BCUT2D eigenvalue weighted by Gasteiger charge is -2.17. The maximum atomic E-state index is 11.8. The van der Waals surface area contributed by atoms with Gasteiger partial charge in [0, 0.05) is 17.1 Å². The molecule has 0 aromatic rings. The number of nitrogens with two attached hydrogens (primary N) is 1. The van der Waals surface area contributed by atoms with Crippen LogP contribution in [0.3, 0.4) is 0 Å². The molecule has 0 fully saturated rings. The van der Waals surface area contributed by atoms with Crippen LogP contribution in [-0.4, -0.2) is 40.7 Å². The molecule has 2 rings (SSSR count). The molecule has 19 heavy (non-hydrogen) atoms. The number of hydrogen-bond donors (Lipinski definition) is 2. The molecule has 0 aromatic heterocycles. The van der Waals surface area contributed by atoms with Gasteiger partial charge in [-0.1, -0.05) is 11.6 Å². The number of hydrogen-bond acceptors (Lipinski definition) is 5. The SMILES string of the molecule is CC1=CC2=C(CSC[C@H](N)C(=O)O)C(=O)OC2CC1. The van der Waals surface area contributed by atoms with Crippen LogP contribution in [0.15, 0.2) is 22.8 Å². The Morgan fingerprint density at radius 2 is 2.42 bits per heavy atom. The summed E-state index contributed by atoms with van der Waals surface area (Å²) >= 11 is 1.35. The highest BCUT2D eigenvalue weighted by atomic mass is 32.2. The molecule has 1 unspecified atom stereocenters. The van der Waals surface area contributed by atoms with Crippen LogP contribution in [0.25, 0.3) is 0 Å². The second-order valence-corrected chi connectivity index (χ2v) is 5.85. The number of carbonyl (C=O) groups excluding carboxylic acids is 1. The Hall–Kier alpha value is -1.27. The van der Waals surface area contributed by atoms with Crippen LogP contribution in [0, 0.1) is 0 Å². The molecule has 0 saturated heterocycles. The number of aliphatic carboxylic acids is 1. The number of rotatable bonds is 5. The normalized spacial score (nSPS) is 23.8. The molecular formula is C13H17NO4S. The molecule has 0 spiro atoms. The number of carboxylic acid groups (broad SMARTS) is 1. The second-order valence-electron chi connectivity index (χ2n) is 4.82. The lowest BCUT2D eigenvalue weighted by molar-refractivity contribution is -0.140. The quantitative estimate of drug-likeness (QED) is 0.734.